The molecule has 140 valence electrons. The first-order valence-electron chi connectivity index (χ1n) is 8.50. The third kappa shape index (κ3) is 4.26. The molecule has 0 bridgehead atoms. The number of halogens is 1. The zero-order chi connectivity index (χ0) is 17.8. The summed E-state index contributed by atoms with van der Waals surface area (Å²) >= 11 is 0. The fourth-order valence-electron chi connectivity index (χ4n) is 2.95. The Kier molecular flexibility index (Phi) is 6.83. The Morgan fingerprint density at radius 3 is 2.46 bits per heavy atom. The maximum Gasteiger partial charge on any atom is 0.216 e. The van der Waals surface area contributed by atoms with Crippen LogP contribution in [0.25, 0.3) is 5.69 Å². The molecule has 6 nitrogen and oxygen atoms in total. The van der Waals surface area contributed by atoms with Gasteiger partial charge in [0.1, 0.15) is 0 Å². The third-order valence-corrected chi connectivity index (χ3v) is 4.13. The van der Waals surface area contributed by atoms with Crippen LogP contribution in [-0.4, -0.2) is 26.7 Å². The number of nitrogens with one attached hydrogen (secondary N) is 1. The molecule has 26 heavy (non-hydrogen) atoms. The van der Waals surface area contributed by atoms with Crippen LogP contribution in [0.1, 0.15) is 36.7 Å². The molecule has 0 fully saturated rings. The maximum absolute atomic E-state index is 5.51. The molecule has 0 aliphatic heterocycles. The van der Waals surface area contributed by atoms with E-state index < -0.39 is 0 Å². The molecule has 0 saturated carbocycles. The van der Waals surface area contributed by atoms with Crippen molar-refractivity contribution in [3.63, 3.8) is 0 Å². The zero-order valence-corrected chi connectivity index (χ0v) is 16.5. The van der Waals surface area contributed by atoms with E-state index in [0.717, 1.165) is 28.5 Å². The Bertz CT molecular complexity index is 826. The highest BCUT2D eigenvalue weighted by Crippen LogP contribution is 2.26. The minimum atomic E-state index is 0. The summed E-state index contributed by atoms with van der Waals surface area (Å²) in [6.45, 7) is 5.68. The summed E-state index contributed by atoms with van der Waals surface area (Å²) in [7, 11) is 3.60. The van der Waals surface area contributed by atoms with Crippen LogP contribution in [0, 0.1) is 0 Å². The van der Waals surface area contributed by atoms with Crippen molar-refractivity contribution in [2.75, 3.05) is 7.11 Å². The summed E-state index contributed by atoms with van der Waals surface area (Å²) in [5.41, 5.74) is 4.24. The maximum atomic E-state index is 5.51. The van der Waals surface area contributed by atoms with Crippen LogP contribution < -0.4 is 10.1 Å². The molecule has 0 spiro atoms. The number of hydrogen-bond donors (Lipinski definition) is 1. The van der Waals surface area contributed by atoms with Gasteiger partial charge in [-0.2, -0.15) is 10.2 Å². The van der Waals surface area contributed by atoms with Crippen LogP contribution in [0.15, 0.2) is 42.6 Å². The van der Waals surface area contributed by atoms with Gasteiger partial charge >= 0.3 is 0 Å². The third-order valence-electron chi connectivity index (χ3n) is 4.13. The van der Waals surface area contributed by atoms with Crippen molar-refractivity contribution in [3.05, 3.63) is 59.5 Å². The van der Waals surface area contributed by atoms with Crippen molar-refractivity contribution < 1.29 is 4.74 Å². The van der Waals surface area contributed by atoms with E-state index in [9.17, 15) is 0 Å². The summed E-state index contributed by atoms with van der Waals surface area (Å²) in [4.78, 5) is 0. The zero-order valence-electron chi connectivity index (χ0n) is 15.6. The van der Waals surface area contributed by atoms with E-state index in [-0.39, 0.29) is 12.4 Å². The number of nitrogens with zero attached hydrogens (tertiary/aromatic N) is 4. The highest BCUT2D eigenvalue weighted by Gasteiger charge is 2.18. The van der Waals surface area contributed by atoms with Crippen LogP contribution in [0.5, 0.6) is 5.88 Å². The fourth-order valence-corrected chi connectivity index (χ4v) is 2.95. The molecule has 0 aliphatic rings. The monoisotopic (exact) mass is 375 g/mol. The Balaban J connectivity index is 0.00000243. The fraction of sp³-hybridized carbons (Fsp3) is 0.368. The van der Waals surface area contributed by atoms with E-state index in [0.29, 0.717) is 19.0 Å². The van der Waals surface area contributed by atoms with Gasteiger partial charge < -0.3 is 10.1 Å². The van der Waals surface area contributed by atoms with Gasteiger partial charge in [0, 0.05) is 26.3 Å². The van der Waals surface area contributed by atoms with Gasteiger partial charge in [0.2, 0.25) is 5.88 Å². The van der Waals surface area contributed by atoms with E-state index in [2.05, 4.69) is 29.4 Å². The molecule has 1 aromatic carbocycles. The van der Waals surface area contributed by atoms with Crippen molar-refractivity contribution in [1.29, 1.82) is 0 Å². The van der Waals surface area contributed by atoms with Gasteiger partial charge in [0.15, 0.2) is 0 Å². The first-order valence-corrected chi connectivity index (χ1v) is 8.50. The van der Waals surface area contributed by atoms with E-state index in [1.807, 2.05) is 54.3 Å². The SMILES string of the molecule is COc1c(CNCc2ccn(-c3ccccc3)n2)c(C(C)C)nn1C.Cl. The second-order valence-electron chi connectivity index (χ2n) is 6.34. The lowest BCUT2D eigenvalue weighted by atomic mass is 10.1. The summed E-state index contributed by atoms with van der Waals surface area (Å²) in [6.07, 6.45) is 1.98. The van der Waals surface area contributed by atoms with Gasteiger partial charge in [-0.25, -0.2) is 9.36 Å². The molecule has 3 aromatic rings. The standard InChI is InChI=1S/C19H25N5O.ClH/c1-14(2)18-17(19(25-4)23(3)22-18)13-20-12-15-10-11-24(21-15)16-8-6-5-7-9-16;/h5-11,14,20H,12-13H2,1-4H3;1H. The van der Waals surface area contributed by atoms with Gasteiger partial charge in [-0.15, -0.1) is 12.4 Å². The predicted molar refractivity (Wildman–Crippen MR) is 105 cm³/mol. The molecule has 3 rings (SSSR count). The molecule has 7 heteroatoms. The van der Waals surface area contributed by atoms with Crippen LogP contribution >= 0.6 is 12.4 Å². The average molecular weight is 376 g/mol. The normalized spacial score (nSPS) is 10.8. The number of ether oxygens (including phenoxy) is 1. The highest BCUT2D eigenvalue weighted by atomic mass is 35.5. The average Bonchev–Trinajstić information content (AvgIpc) is 3.20. The van der Waals surface area contributed by atoms with Gasteiger partial charge in [0.05, 0.1) is 29.7 Å². The lowest BCUT2D eigenvalue weighted by Crippen LogP contribution is -2.15. The lowest BCUT2D eigenvalue weighted by molar-refractivity contribution is 0.368. The van der Waals surface area contributed by atoms with Gasteiger partial charge in [0.25, 0.3) is 0 Å². The minimum Gasteiger partial charge on any atom is -0.481 e. The van der Waals surface area contributed by atoms with Crippen LogP contribution in [-0.2, 0) is 20.1 Å². The smallest absolute Gasteiger partial charge is 0.216 e. The second kappa shape index (κ2) is 8.87. The molecular weight excluding hydrogens is 350 g/mol. The number of methoxy groups -OCH3 is 1. The Morgan fingerprint density at radius 1 is 1.08 bits per heavy atom. The topological polar surface area (TPSA) is 56.9 Å². The van der Waals surface area contributed by atoms with Crippen molar-refractivity contribution in [2.45, 2.75) is 32.9 Å². The first kappa shape index (κ1) is 20.0. The van der Waals surface area contributed by atoms with E-state index in [4.69, 9.17) is 4.74 Å². The van der Waals surface area contributed by atoms with Crippen molar-refractivity contribution >= 4 is 12.4 Å². The molecule has 0 atom stereocenters. The summed E-state index contributed by atoms with van der Waals surface area (Å²) in [5, 5.41) is 12.7. The first-order chi connectivity index (χ1) is 12.1. The molecule has 0 unspecified atom stereocenters. The lowest BCUT2D eigenvalue weighted by Gasteiger charge is -2.08. The summed E-state index contributed by atoms with van der Waals surface area (Å²) in [6, 6.07) is 12.1. The van der Waals surface area contributed by atoms with E-state index in [1.54, 1.807) is 11.8 Å². The van der Waals surface area contributed by atoms with E-state index >= 15 is 0 Å². The Morgan fingerprint density at radius 2 is 1.81 bits per heavy atom. The molecule has 0 aliphatic carbocycles. The number of rotatable bonds is 7. The highest BCUT2D eigenvalue weighted by molar-refractivity contribution is 5.85. The number of aromatic nitrogens is 4. The number of hydrogen-bond acceptors (Lipinski definition) is 4. The van der Waals surface area contributed by atoms with Crippen LogP contribution in [0.2, 0.25) is 0 Å². The molecule has 2 heterocycles. The number of para-hydroxylation sites is 1. The second-order valence-corrected chi connectivity index (χ2v) is 6.34. The Hall–Kier alpha value is -2.31. The van der Waals surface area contributed by atoms with Crippen molar-refractivity contribution in [3.8, 4) is 11.6 Å². The van der Waals surface area contributed by atoms with Gasteiger partial charge in [-0.1, -0.05) is 32.0 Å². The van der Waals surface area contributed by atoms with Crippen LogP contribution in [0.4, 0.5) is 0 Å². The van der Waals surface area contributed by atoms with Crippen molar-refractivity contribution in [2.24, 2.45) is 7.05 Å². The predicted octanol–water partition coefficient (Wildman–Crippen LogP) is 3.45. The molecule has 0 amide bonds. The molecule has 0 radical (unpaired) electrons. The van der Waals surface area contributed by atoms with Crippen LogP contribution in [0.3, 0.4) is 0 Å². The van der Waals surface area contributed by atoms with Gasteiger partial charge in [-0.05, 0) is 24.1 Å². The number of aryl methyl sites for hydroxylation is 1. The minimum absolute atomic E-state index is 0. The number of benzene rings is 1. The summed E-state index contributed by atoms with van der Waals surface area (Å²) in [5.74, 6) is 1.16. The molecule has 2 aromatic heterocycles. The Labute approximate surface area is 160 Å². The largest absolute Gasteiger partial charge is 0.481 e. The van der Waals surface area contributed by atoms with Crippen molar-refractivity contribution in [1.82, 2.24) is 24.9 Å². The van der Waals surface area contributed by atoms with E-state index in [1.165, 1.54) is 0 Å². The quantitative estimate of drug-likeness (QED) is 0.687. The summed E-state index contributed by atoms with van der Waals surface area (Å²) < 4.78 is 9.20. The molecule has 0 saturated heterocycles. The molecule has 1 N–H and O–H groups in total. The van der Waals surface area contributed by atoms with Gasteiger partial charge in [-0.3, -0.25) is 0 Å². The molecular formula is C19H26ClN5O.